The van der Waals surface area contributed by atoms with E-state index in [9.17, 15) is 0 Å². The highest BCUT2D eigenvalue weighted by Crippen LogP contribution is 2.32. The summed E-state index contributed by atoms with van der Waals surface area (Å²) in [4.78, 5) is 8.82. The fraction of sp³-hybridized carbons (Fsp3) is 0.143. The second-order valence-electron chi connectivity index (χ2n) is 4.16. The number of benzene rings is 1. The lowest BCUT2D eigenvalue weighted by atomic mass is 10.1. The van der Waals surface area contributed by atoms with E-state index in [0.29, 0.717) is 12.4 Å². The molecular formula is C14H13N3S. The Hall–Kier alpha value is -1.78. The number of hydrogen-bond donors (Lipinski definition) is 1. The number of rotatable bonds is 2. The minimum Gasteiger partial charge on any atom is -0.324 e. The van der Waals surface area contributed by atoms with Gasteiger partial charge in [0.05, 0.1) is 12.2 Å². The van der Waals surface area contributed by atoms with Crippen LogP contribution in [0.5, 0.6) is 0 Å². The Labute approximate surface area is 109 Å². The van der Waals surface area contributed by atoms with Crippen molar-refractivity contribution in [2.24, 2.45) is 5.73 Å². The normalized spacial score (nSPS) is 11.0. The van der Waals surface area contributed by atoms with Crippen molar-refractivity contribution in [3.8, 4) is 11.3 Å². The van der Waals surface area contributed by atoms with Crippen LogP contribution in [-0.4, -0.2) is 9.97 Å². The minimum absolute atomic E-state index is 0.372. The largest absolute Gasteiger partial charge is 0.324 e. The second kappa shape index (κ2) is 4.48. The Morgan fingerprint density at radius 1 is 1.22 bits per heavy atom. The molecule has 0 saturated carbocycles. The summed E-state index contributed by atoms with van der Waals surface area (Å²) >= 11 is 1.74. The summed E-state index contributed by atoms with van der Waals surface area (Å²) in [5, 5.41) is 3.38. The van der Waals surface area contributed by atoms with Gasteiger partial charge in [-0.1, -0.05) is 18.2 Å². The van der Waals surface area contributed by atoms with E-state index in [1.54, 1.807) is 11.3 Å². The maximum absolute atomic E-state index is 5.63. The Morgan fingerprint density at radius 2 is 2.06 bits per heavy atom. The van der Waals surface area contributed by atoms with Crippen LogP contribution in [0.15, 0.2) is 35.7 Å². The number of nitrogens with zero attached hydrogens (tertiary/aromatic N) is 2. The molecule has 0 aliphatic rings. The lowest BCUT2D eigenvalue weighted by Crippen LogP contribution is -2.04. The van der Waals surface area contributed by atoms with Crippen molar-refractivity contribution < 1.29 is 0 Å². The molecule has 1 aromatic carbocycles. The topological polar surface area (TPSA) is 51.8 Å². The molecule has 0 bridgehead atoms. The SMILES string of the molecule is Cc1cc(-c2csc3ccccc23)nc(CN)n1. The van der Waals surface area contributed by atoms with Gasteiger partial charge in [0.1, 0.15) is 5.82 Å². The first-order valence-corrected chi connectivity index (χ1v) is 6.67. The number of hydrogen-bond acceptors (Lipinski definition) is 4. The van der Waals surface area contributed by atoms with Crippen LogP contribution in [0, 0.1) is 6.92 Å². The van der Waals surface area contributed by atoms with Crippen molar-refractivity contribution in [3.05, 3.63) is 47.2 Å². The number of nitrogens with two attached hydrogens (primary N) is 1. The smallest absolute Gasteiger partial charge is 0.142 e. The number of aryl methyl sites for hydroxylation is 1. The number of fused-ring (bicyclic) bond motifs is 1. The summed E-state index contributed by atoms with van der Waals surface area (Å²) in [5.74, 6) is 0.695. The molecule has 0 saturated heterocycles. The zero-order chi connectivity index (χ0) is 12.5. The molecule has 0 unspecified atom stereocenters. The van der Waals surface area contributed by atoms with E-state index in [0.717, 1.165) is 17.0 Å². The predicted molar refractivity (Wildman–Crippen MR) is 75.5 cm³/mol. The Kier molecular flexibility index (Phi) is 2.81. The fourth-order valence-corrected chi connectivity index (χ4v) is 2.99. The van der Waals surface area contributed by atoms with Crippen LogP contribution >= 0.6 is 11.3 Å². The average molecular weight is 255 g/mol. The maximum atomic E-state index is 5.63. The van der Waals surface area contributed by atoms with Gasteiger partial charge in [-0.05, 0) is 19.1 Å². The van der Waals surface area contributed by atoms with Gasteiger partial charge in [-0.15, -0.1) is 11.3 Å². The summed E-state index contributed by atoms with van der Waals surface area (Å²) in [7, 11) is 0. The van der Waals surface area contributed by atoms with Crippen molar-refractivity contribution >= 4 is 21.4 Å². The van der Waals surface area contributed by atoms with Crippen molar-refractivity contribution in [2.45, 2.75) is 13.5 Å². The molecule has 0 spiro atoms. The second-order valence-corrected chi connectivity index (χ2v) is 5.07. The molecule has 0 radical (unpaired) electrons. The van der Waals surface area contributed by atoms with Crippen LogP contribution in [0.25, 0.3) is 21.3 Å². The van der Waals surface area contributed by atoms with E-state index < -0.39 is 0 Å². The van der Waals surface area contributed by atoms with Gasteiger partial charge in [-0.25, -0.2) is 9.97 Å². The molecule has 2 heterocycles. The van der Waals surface area contributed by atoms with E-state index in [-0.39, 0.29) is 0 Å². The molecule has 3 aromatic rings. The van der Waals surface area contributed by atoms with Gasteiger partial charge in [0, 0.05) is 26.7 Å². The van der Waals surface area contributed by atoms with Gasteiger partial charge >= 0.3 is 0 Å². The van der Waals surface area contributed by atoms with Crippen molar-refractivity contribution in [1.29, 1.82) is 0 Å². The monoisotopic (exact) mass is 255 g/mol. The molecule has 18 heavy (non-hydrogen) atoms. The number of aromatic nitrogens is 2. The maximum Gasteiger partial charge on any atom is 0.142 e. The third kappa shape index (κ3) is 1.89. The Morgan fingerprint density at radius 3 is 2.89 bits per heavy atom. The summed E-state index contributed by atoms with van der Waals surface area (Å²) in [6.45, 7) is 2.34. The molecule has 0 amide bonds. The summed E-state index contributed by atoms with van der Waals surface area (Å²) < 4.78 is 1.28. The minimum atomic E-state index is 0.372. The zero-order valence-corrected chi connectivity index (χ0v) is 10.9. The van der Waals surface area contributed by atoms with Crippen LogP contribution in [0.3, 0.4) is 0 Å². The lowest BCUT2D eigenvalue weighted by molar-refractivity contribution is 0.895. The van der Waals surface area contributed by atoms with Crippen LogP contribution in [0.1, 0.15) is 11.5 Å². The van der Waals surface area contributed by atoms with Crippen LogP contribution in [0.4, 0.5) is 0 Å². The first-order valence-electron chi connectivity index (χ1n) is 5.79. The third-order valence-electron chi connectivity index (χ3n) is 2.84. The van der Waals surface area contributed by atoms with Gasteiger partial charge in [0.25, 0.3) is 0 Å². The highest BCUT2D eigenvalue weighted by atomic mass is 32.1. The molecule has 0 atom stereocenters. The lowest BCUT2D eigenvalue weighted by Gasteiger charge is -2.03. The fourth-order valence-electron chi connectivity index (χ4n) is 2.04. The van der Waals surface area contributed by atoms with Gasteiger partial charge in [0.15, 0.2) is 0 Å². The highest BCUT2D eigenvalue weighted by molar-refractivity contribution is 7.17. The summed E-state index contributed by atoms with van der Waals surface area (Å²) in [5.41, 5.74) is 8.71. The molecule has 0 aliphatic heterocycles. The molecule has 2 aromatic heterocycles. The standard InChI is InChI=1S/C14H13N3S/c1-9-6-12(17-14(7-15)16-9)11-8-18-13-5-3-2-4-10(11)13/h2-6,8H,7,15H2,1H3. The van der Waals surface area contributed by atoms with Gasteiger partial charge in [-0.2, -0.15) is 0 Å². The Balaban J connectivity index is 2.22. The first kappa shape index (κ1) is 11.3. The van der Waals surface area contributed by atoms with E-state index in [4.69, 9.17) is 5.73 Å². The molecule has 3 rings (SSSR count). The molecule has 90 valence electrons. The van der Waals surface area contributed by atoms with E-state index >= 15 is 0 Å². The highest BCUT2D eigenvalue weighted by Gasteiger charge is 2.09. The molecule has 2 N–H and O–H groups in total. The molecule has 0 aliphatic carbocycles. The number of thiophene rings is 1. The van der Waals surface area contributed by atoms with Gasteiger partial charge in [0.2, 0.25) is 0 Å². The van der Waals surface area contributed by atoms with Crippen LogP contribution < -0.4 is 5.73 Å². The third-order valence-corrected chi connectivity index (χ3v) is 3.80. The van der Waals surface area contributed by atoms with E-state index in [1.165, 1.54) is 10.1 Å². The van der Waals surface area contributed by atoms with Crippen LogP contribution in [-0.2, 0) is 6.54 Å². The predicted octanol–water partition coefficient (Wildman–Crippen LogP) is 3.13. The van der Waals surface area contributed by atoms with Gasteiger partial charge in [-0.3, -0.25) is 0 Å². The first-order chi connectivity index (χ1) is 8.78. The summed E-state index contributed by atoms with van der Waals surface area (Å²) in [6.07, 6.45) is 0. The Bertz CT molecular complexity index is 703. The zero-order valence-electron chi connectivity index (χ0n) is 10.1. The molecule has 3 nitrogen and oxygen atoms in total. The van der Waals surface area contributed by atoms with Crippen molar-refractivity contribution in [2.75, 3.05) is 0 Å². The van der Waals surface area contributed by atoms with Gasteiger partial charge < -0.3 is 5.73 Å². The van der Waals surface area contributed by atoms with Crippen molar-refractivity contribution in [1.82, 2.24) is 9.97 Å². The molecule has 4 heteroatoms. The van der Waals surface area contributed by atoms with E-state index in [2.05, 4.69) is 39.6 Å². The molecule has 0 fully saturated rings. The average Bonchev–Trinajstić information content (AvgIpc) is 2.81. The van der Waals surface area contributed by atoms with Crippen molar-refractivity contribution in [3.63, 3.8) is 0 Å². The molecular weight excluding hydrogens is 242 g/mol. The van der Waals surface area contributed by atoms with E-state index in [1.807, 2.05) is 13.0 Å². The van der Waals surface area contributed by atoms with Crippen LogP contribution in [0.2, 0.25) is 0 Å². The summed E-state index contributed by atoms with van der Waals surface area (Å²) in [6, 6.07) is 10.4. The quantitative estimate of drug-likeness (QED) is 0.765.